The quantitative estimate of drug-likeness (QED) is 0.834. The Bertz CT molecular complexity index is 617. The van der Waals surface area contributed by atoms with E-state index in [1.165, 1.54) is 18.2 Å². The van der Waals surface area contributed by atoms with Crippen LogP contribution in [0.15, 0.2) is 29.2 Å². The smallest absolute Gasteiger partial charge is 0.308 e. The molecule has 0 bridgehead atoms. The van der Waals surface area contributed by atoms with Crippen molar-refractivity contribution in [3.8, 4) is 0 Å². The van der Waals surface area contributed by atoms with E-state index < -0.39 is 38.7 Å². The highest BCUT2D eigenvalue weighted by Crippen LogP contribution is 2.25. The summed E-state index contributed by atoms with van der Waals surface area (Å²) in [6, 6.07) is 4.37. The Hall–Kier alpha value is -1.47. The van der Waals surface area contributed by atoms with Gasteiger partial charge in [0.15, 0.2) is 0 Å². The molecule has 2 N–H and O–H groups in total. The number of hydrogen-bond acceptors (Lipinski definition) is 3. The molecule has 1 fully saturated rings. The lowest BCUT2D eigenvalue weighted by Crippen LogP contribution is -2.42. The van der Waals surface area contributed by atoms with Crippen LogP contribution >= 0.6 is 0 Å². The first-order chi connectivity index (χ1) is 9.92. The maximum absolute atomic E-state index is 13.6. The predicted molar refractivity (Wildman–Crippen MR) is 74.7 cm³/mol. The van der Waals surface area contributed by atoms with E-state index in [4.69, 9.17) is 0 Å². The third-order valence-electron chi connectivity index (χ3n) is 3.77. The molecule has 2 atom stereocenters. The normalized spacial score (nSPS) is 23.5. The predicted octanol–water partition coefficient (Wildman–Crippen LogP) is 2.14. The molecule has 1 aliphatic carbocycles. The molecule has 0 amide bonds. The van der Waals surface area contributed by atoms with Gasteiger partial charge in [-0.2, -0.15) is 0 Å². The van der Waals surface area contributed by atoms with Crippen LogP contribution in [0.5, 0.6) is 0 Å². The Morgan fingerprint density at radius 1 is 1.19 bits per heavy atom. The Balaban J connectivity index is 2.25. The Morgan fingerprint density at radius 2 is 1.86 bits per heavy atom. The van der Waals surface area contributed by atoms with Crippen molar-refractivity contribution in [1.29, 1.82) is 0 Å². The number of carbonyl (C=O) groups is 1. The van der Waals surface area contributed by atoms with Crippen molar-refractivity contribution < 1.29 is 22.7 Å². The largest absolute Gasteiger partial charge is 0.481 e. The van der Waals surface area contributed by atoms with E-state index in [1.54, 1.807) is 0 Å². The lowest BCUT2D eigenvalue weighted by molar-refractivity contribution is -0.142. The van der Waals surface area contributed by atoms with Gasteiger partial charge in [0, 0.05) is 6.04 Å². The summed E-state index contributed by atoms with van der Waals surface area (Å²) in [5.41, 5.74) is 0. The van der Waals surface area contributed by atoms with Gasteiger partial charge in [0.25, 0.3) is 0 Å². The van der Waals surface area contributed by atoms with Crippen LogP contribution in [0, 0.1) is 11.7 Å². The van der Waals surface area contributed by atoms with Gasteiger partial charge >= 0.3 is 5.97 Å². The zero-order valence-corrected chi connectivity index (χ0v) is 12.3. The van der Waals surface area contributed by atoms with Crippen molar-refractivity contribution in [3.63, 3.8) is 0 Å². The Morgan fingerprint density at radius 3 is 2.52 bits per heavy atom. The van der Waals surface area contributed by atoms with Crippen LogP contribution in [-0.4, -0.2) is 25.5 Å². The van der Waals surface area contributed by atoms with E-state index in [0.717, 1.165) is 25.3 Å². The summed E-state index contributed by atoms with van der Waals surface area (Å²) in [7, 11) is -4.06. The number of benzene rings is 1. The Kier molecular flexibility index (Phi) is 4.95. The van der Waals surface area contributed by atoms with E-state index in [9.17, 15) is 22.7 Å². The molecule has 1 aromatic carbocycles. The average molecular weight is 315 g/mol. The fourth-order valence-electron chi connectivity index (χ4n) is 2.67. The number of rotatable bonds is 4. The topological polar surface area (TPSA) is 83.5 Å². The molecule has 1 aliphatic rings. The molecule has 21 heavy (non-hydrogen) atoms. The summed E-state index contributed by atoms with van der Waals surface area (Å²) in [5, 5.41) is 9.25. The minimum Gasteiger partial charge on any atom is -0.481 e. The lowest BCUT2D eigenvalue weighted by atomic mass is 9.96. The molecular weight excluding hydrogens is 297 g/mol. The fourth-order valence-corrected chi connectivity index (χ4v) is 4.06. The number of carboxylic acid groups (broad SMARTS) is 1. The van der Waals surface area contributed by atoms with E-state index in [2.05, 4.69) is 4.72 Å². The number of carboxylic acids is 1. The molecule has 1 saturated carbocycles. The molecule has 0 heterocycles. The molecule has 2 unspecified atom stereocenters. The highest BCUT2D eigenvalue weighted by molar-refractivity contribution is 7.89. The van der Waals surface area contributed by atoms with Crippen molar-refractivity contribution in [2.24, 2.45) is 5.92 Å². The molecule has 7 heteroatoms. The van der Waals surface area contributed by atoms with Crippen molar-refractivity contribution in [2.45, 2.75) is 43.0 Å². The van der Waals surface area contributed by atoms with Crippen molar-refractivity contribution in [1.82, 2.24) is 4.72 Å². The molecule has 0 aromatic heterocycles. The average Bonchev–Trinajstić information content (AvgIpc) is 2.64. The molecule has 0 spiro atoms. The Labute approximate surface area is 123 Å². The molecular formula is C14H18FNO4S. The lowest BCUT2D eigenvalue weighted by Gasteiger charge is -2.22. The first kappa shape index (κ1) is 15.9. The van der Waals surface area contributed by atoms with E-state index in [0.29, 0.717) is 12.8 Å². The second-order valence-electron chi connectivity index (χ2n) is 5.24. The van der Waals surface area contributed by atoms with E-state index >= 15 is 0 Å². The monoisotopic (exact) mass is 315 g/mol. The van der Waals surface area contributed by atoms with Gasteiger partial charge < -0.3 is 5.11 Å². The van der Waals surface area contributed by atoms with Gasteiger partial charge in [0.1, 0.15) is 10.7 Å². The highest BCUT2D eigenvalue weighted by atomic mass is 32.2. The second-order valence-corrected chi connectivity index (χ2v) is 6.92. The molecule has 116 valence electrons. The van der Waals surface area contributed by atoms with Crippen LogP contribution in [-0.2, 0) is 14.8 Å². The van der Waals surface area contributed by atoms with Crippen LogP contribution < -0.4 is 4.72 Å². The number of sulfonamides is 1. The summed E-state index contributed by atoms with van der Waals surface area (Å²) in [5.74, 6) is -2.63. The summed E-state index contributed by atoms with van der Waals surface area (Å²) < 4.78 is 40.5. The van der Waals surface area contributed by atoms with Crippen molar-refractivity contribution in [3.05, 3.63) is 30.1 Å². The maximum atomic E-state index is 13.6. The third kappa shape index (κ3) is 3.79. The fraction of sp³-hybridized carbons (Fsp3) is 0.500. The maximum Gasteiger partial charge on any atom is 0.308 e. The van der Waals surface area contributed by atoms with E-state index in [1.807, 2.05) is 0 Å². The molecule has 1 aromatic rings. The van der Waals surface area contributed by atoms with Crippen LogP contribution in [0.1, 0.15) is 32.1 Å². The summed E-state index contributed by atoms with van der Waals surface area (Å²) in [4.78, 5) is 10.9. The van der Waals surface area contributed by atoms with Crippen LogP contribution in [0.25, 0.3) is 0 Å². The minimum absolute atomic E-state index is 0.430. The van der Waals surface area contributed by atoms with Crippen LogP contribution in [0.4, 0.5) is 4.39 Å². The number of aliphatic carboxylic acids is 1. The molecule has 0 saturated heterocycles. The summed E-state index contributed by atoms with van der Waals surface area (Å²) in [6.45, 7) is 0. The highest BCUT2D eigenvalue weighted by Gasteiger charge is 2.33. The molecule has 5 nitrogen and oxygen atoms in total. The van der Waals surface area contributed by atoms with Gasteiger partial charge in [-0.1, -0.05) is 31.4 Å². The van der Waals surface area contributed by atoms with Crippen LogP contribution in [0.3, 0.4) is 0 Å². The number of nitrogens with one attached hydrogen (secondary N) is 1. The second kappa shape index (κ2) is 6.53. The summed E-state index contributed by atoms with van der Waals surface area (Å²) in [6.07, 6.45) is 3.27. The third-order valence-corrected chi connectivity index (χ3v) is 5.29. The van der Waals surface area contributed by atoms with Crippen molar-refractivity contribution in [2.75, 3.05) is 0 Å². The van der Waals surface area contributed by atoms with Crippen molar-refractivity contribution >= 4 is 16.0 Å². The minimum atomic E-state index is -4.06. The van der Waals surface area contributed by atoms with Crippen LogP contribution in [0.2, 0.25) is 0 Å². The first-order valence-corrected chi connectivity index (χ1v) is 8.40. The standard InChI is InChI=1S/C14H18FNO4S/c15-11-7-4-5-9-13(11)21(19,20)16-12-8-3-1-2-6-10(12)14(17)18/h4-5,7,9-10,12,16H,1-3,6,8H2,(H,17,18). The van der Waals surface area contributed by atoms with Gasteiger partial charge in [0.2, 0.25) is 10.0 Å². The van der Waals surface area contributed by atoms with Gasteiger partial charge in [-0.25, -0.2) is 17.5 Å². The molecule has 0 radical (unpaired) electrons. The van der Waals surface area contributed by atoms with Gasteiger partial charge in [0.05, 0.1) is 5.92 Å². The van der Waals surface area contributed by atoms with E-state index in [-0.39, 0.29) is 0 Å². The molecule has 0 aliphatic heterocycles. The SMILES string of the molecule is O=C(O)C1CCCCCC1NS(=O)(=O)c1ccccc1F. The van der Waals surface area contributed by atoms with Gasteiger partial charge in [-0.3, -0.25) is 4.79 Å². The summed E-state index contributed by atoms with van der Waals surface area (Å²) >= 11 is 0. The van der Waals surface area contributed by atoms with Gasteiger partial charge in [-0.05, 0) is 25.0 Å². The number of hydrogen-bond donors (Lipinski definition) is 2. The first-order valence-electron chi connectivity index (χ1n) is 6.91. The van der Waals surface area contributed by atoms with Gasteiger partial charge in [-0.15, -0.1) is 0 Å². The zero-order valence-electron chi connectivity index (χ0n) is 11.5. The zero-order chi connectivity index (χ0) is 15.5. The molecule has 2 rings (SSSR count). The number of halogens is 1.